The fourth-order valence-corrected chi connectivity index (χ4v) is 1.78. The van der Waals surface area contributed by atoms with Gasteiger partial charge >= 0.3 is 0 Å². The number of nitrogens with zero attached hydrogens (tertiary/aromatic N) is 1. The number of carbonyl (C=O) groups is 1. The number of benzene rings is 1. The molecule has 1 aromatic rings. The number of carbonyl (C=O) groups excluding carboxylic acids is 1. The Morgan fingerprint density at radius 1 is 1.32 bits per heavy atom. The highest BCUT2D eigenvalue weighted by Gasteiger charge is 2.10. The van der Waals surface area contributed by atoms with Crippen molar-refractivity contribution in [1.29, 1.82) is 0 Å². The van der Waals surface area contributed by atoms with Gasteiger partial charge in [-0.2, -0.15) is 0 Å². The summed E-state index contributed by atoms with van der Waals surface area (Å²) < 4.78 is 17.9. The summed E-state index contributed by atoms with van der Waals surface area (Å²) in [7, 11) is 0. The van der Waals surface area contributed by atoms with E-state index in [1.165, 1.54) is 24.3 Å². The quantitative estimate of drug-likeness (QED) is 0.634. The second kappa shape index (κ2) is 7.18. The highest BCUT2D eigenvalue weighted by atomic mass is 19.1. The maximum Gasteiger partial charge on any atom is 0.274 e. The van der Waals surface area contributed by atoms with Crippen molar-refractivity contribution in [3.8, 4) is 0 Å². The van der Waals surface area contributed by atoms with Gasteiger partial charge in [-0.1, -0.05) is 0 Å². The largest absolute Gasteiger partial charge is 0.379 e. The van der Waals surface area contributed by atoms with Crippen molar-refractivity contribution in [3.05, 3.63) is 35.6 Å². The van der Waals surface area contributed by atoms with E-state index in [4.69, 9.17) is 9.57 Å². The Bertz CT molecular complexity index is 405. The molecule has 0 aromatic heterocycles. The highest BCUT2D eigenvalue weighted by Crippen LogP contribution is 2.02. The Morgan fingerprint density at radius 2 is 2.00 bits per heavy atom. The van der Waals surface area contributed by atoms with E-state index >= 15 is 0 Å². The van der Waals surface area contributed by atoms with Gasteiger partial charge in [-0.05, 0) is 24.3 Å². The number of amides is 1. The van der Waals surface area contributed by atoms with Crippen molar-refractivity contribution in [1.82, 2.24) is 10.4 Å². The van der Waals surface area contributed by atoms with Crippen LogP contribution in [-0.4, -0.2) is 50.3 Å². The molecule has 104 valence electrons. The summed E-state index contributed by atoms with van der Waals surface area (Å²) in [6, 6.07) is 5.30. The molecule has 1 N–H and O–H groups in total. The molecule has 1 aliphatic heterocycles. The van der Waals surface area contributed by atoms with Gasteiger partial charge in [0, 0.05) is 25.2 Å². The number of rotatable bonds is 5. The number of morpholine rings is 1. The molecule has 6 heteroatoms. The minimum atomic E-state index is -0.373. The van der Waals surface area contributed by atoms with Crippen molar-refractivity contribution in [2.45, 2.75) is 0 Å². The summed E-state index contributed by atoms with van der Waals surface area (Å²) in [5.41, 5.74) is 2.71. The van der Waals surface area contributed by atoms with Crippen LogP contribution < -0.4 is 5.48 Å². The average Bonchev–Trinajstić information content (AvgIpc) is 2.45. The van der Waals surface area contributed by atoms with Crippen LogP contribution in [0.3, 0.4) is 0 Å². The number of hydroxylamine groups is 1. The van der Waals surface area contributed by atoms with Crippen LogP contribution >= 0.6 is 0 Å². The fraction of sp³-hybridized carbons (Fsp3) is 0.462. The van der Waals surface area contributed by atoms with E-state index in [0.29, 0.717) is 12.2 Å². The lowest BCUT2D eigenvalue weighted by Crippen LogP contribution is -2.39. The monoisotopic (exact) mass is 268 g/mol. The number of nitrogens with one attached hydrogen (secondary N) is 1. The Hall–Kier alpha value is -1.50. The lowest BCUT2D eigenvalue weighted by molar-refractivity contribution is -0.00177. The molecule has 5 nitrogen and oxygen atoms in total. The molecule has 0 radical (unpaired) electrons. The Balaban J connectivity index is 1.64. The predicted octanol–water partition coefficient (Wildman–Crippen LogP) is 0.819. The minimum Gasteiger partial charge on any atom is -0.379 e. The molecule has 1 amide bonds. The topological polar surface area (TPSA) is 50.8 Å². The van der Waals surface area contributed by atoms with Crippen LogP contribution in [0.1, 0.15) is 10.4 Å². The van der Waals surface area contributed by atoms with Crippen LogP contribution in [0.25, 0.3) is 0 Å². The molecule has 1 heterocycles. The number of hydrogen-bond donors (Lipinski definition) is 1. The van der Waals surface area contributed by atoms with Crippen LogP contribution in [0.2, 0.25) is 0 Å². The average molecular weight is 268 g/mol. The van der Waals surface area contributed by atoms with Crippen LogP contribution in [0, 0.1) is 5.82 Å². The summed E-state index contributed by atoms with van der Waals surface area (Å²) >= 11 is 0. The lowest BCUT2D eigenvalue weighted by Gasteiger charge is -2.26. The second-order valence-corrected chi connectivity index (χ2v) is 4.24. The number of ether oxygens (including phenoxy) is 1. The molecule has 1 saturated heterocycles. The van der Waals surface area contributed by atoms with Gasteiger partial charge in [0.1, 0.15) is 5.82 Å². The molecule has 0 aliphatic carbocycles. The van der Waals surface area contributed by atoms with E-state index in [2.05, 4.69) is 10.4 Å². The van der Waals surface area contributed by atoms with Gasteiger partial charge < -0.3 is 4.74 Å². The predicted molar refractivity (Wildman–Crippen MR) is 67.1 cm³/mol. The zero-order chi connectivity index (χ0) is 13.5. The van der Waals surface area contributed by atoms with Gasteiger partial charge in [-0.3, -0.25) is 14.5 Å². The molecule has 0 saturated carbocycles. The molecule has 1 aliphatic rings. The zero-order valence-electron chi connectivity index (χ0n) is 10.6. The zero-order valence-corrected chi connectivity index (χ0v) is 10.6. The third-order valence-corrected chi connectivity index (χ3v) is 2.88. The third kappa shape index (κ3) is 4.59. The van der Waals surface area contributed by atoms with Gasteiger partial charge in [-0.25, -0.2) is 9.87 Å². The number of hydrogen-bond acceptors (Lipinski definition) is 4. The first-order valence-electron chi connectivity index (χ1n) is 6.23. The summed E-state index contributed by atoms with van der Waals surface area (Å²) in [6.07, 6.45) is 0. The normalized spacial score (nSPS) is 16.3. The first-order chi connectivity index (χ1) is 9.25. The van der Waals surface area contributed by atoms with Gasteiger partial charge in [0.25, 0.3) is 5.91 Å². The van der Waals surface area contributed by atoms with Gasteiger partial charge in [0.15, 0.2) is 0 Å². The van der Waals surface area contributed by atoms with Gasteiger partial charge in [0.2, 0.25) is 0 Å². The molecule has 1 aromatic carbocycles. The van der Waals surface area contributed by atoms with E-state index in [-0.39, 0.29) is 11.7 Å². The maximum atomic E-state index is 12.7. The first kappa shape index (κ1) is 13.9. The third-order valence-electron chi connectivity index (χ3n) is 2.88. The molecule has 0 spiro atoms. The summed E-state index contributed by atoms with van der Waals surface area (Å²) in [5, 5.41) is 0. The second-order valence-electron chi connectivity index (χ2n) is 4.24. The maximum absolute atomic E-state index is 12.7. The van der Waals surface area contributed by atoms with E-state index in [1.54, 1.807) is 0 Å². The first-order valence-corrected chi connectivity index (χ1v) is 6.23. The smallest absolute Gasteiger partial charge is 0.274 e. The van der Waals surface area contributed by atoms with Crippen molar-refractivity contribution in [2.75, 3.05) is 39.5 Å². The molecule has 19 heavy (non-hydrogen) atoms. The summed E-state index contributed by atoms with van der Waals surface area (Å²) in [5.74, 6) is -0.744. The molecule has 0 bridgehead atoms. The lowest BCUT2D eigenvalue weighted by atomic mass is 10.2. The summed E-state index contributed by atoms with van der Waals surface area (Å²) in [4.78, 5) is 18.9. The SMILES string of the molecule is O=C(NOCCN1CCOCC1)c1ccc(F)cc1. The molecule has 1 fully saturated rings. The van der Waals surface area contributed by atoms with Crippen molar-refractivity contribution < 1.29 is 18.8 Å². The van der Waals surface area contributed by atoms with E-state index in [1.807, 2.05) is 0 Å². The van der Waals surface area contributed by atoms with Gasteiger partial charge in [-0.15, -0.1) is 0 Å². The van der Waals surface area contributed by atoms with Crippen molar-refractivity contribution in [2.24, 2.45) is 0 Å². The standard InChI is InChI=1S/C13H17FN2O3/c14-12-3-1-11(2-4-12)13(17)15-19-10-7-16-5-8-18-9-6-16/h1-4H,5-10H2,(H,15,17). The highest BCUT2D eigenvalue weighted by molar-refractivity contribution is 5.93. The fourth-order valence-electron chi connectivity index (χ4n) is 1.78. The molecular weight excluding hydrogens is 251 g/mol. The van der Waals surface area contributed by atoms with E-state index < -0.39 is 0 Å². The Kier molecular flexibility index (Phi) is 5.26. The molecular formula is C13H17FN2O3. The molecule has 2 rings (SSSR count). The molecule has 0 atom stereocenters. The van der Waals surface area contributed by atoms with Gasteiger partial charge in [0.05, 0.1) is 19.8 Å². The summed E-state index contributed by atoms with van der Waals surface area (Å²) in [6.45, 7) is 4.40. The minimum absolute atomic E-state index is 0.368. The van der Waals surface area contributed by atoms with Crippen LogP contribution in [0.5, 0.6) is 0 Å². The number of halogens is 1. The van der Waals surface area contributed by atoms with Crippen molar-refractivity contribution in [3.63, 3.8) is 0 Å². The Morgan fingerprint density at radius 3 is 2.68 bits per heavy atom. The van der Waals surface area contributed by atoms with Crippen LogP contribution in [-0.2, 0) is 9.57 Å². The van der Waals surface area contributed by atoms with Crippen molar-refractivity contribution >= 4 is 5.91 Å². The molecule has 0 unspecified atom stereocenters. The van der Waals surface area contributed by atoms with Crippen LogP contribution in [0.4, 0.5) is 4.39 Å². The van der Waals surface area contributed by atoms with Crippen LogP contribution in [0.15, 0.2) is 24.3 Å². The Labute approximate surface area is 111 Å². The van der Waals surface area contributed by atoms with E-state index in [9.17, 15) is 9.18 Å². The van der Waals surface area contributed by atoms with E-state index in [0.717, 1.165) is 32.8 Å².